The summed E-state index contributed by atoms with van der Waals surface area (Å²) in [5.74, 6) is 0.0157. The molecule has 2 atom stereocenters. The zero-order valence-electron chi connectivity index (χ0n) is 10.9. The Hall–Kier alpha value is -0.800. The van der Waals surface area contributed by atoms with Gasteiger partial charge in [0.15, 0.2) is 0 Å². The second-order valence-corrected chi connectivity index (χ2v) is 5.34. The van der Waals surface area contributed by atoms with Gasteiger partial charge in [-0.2, -0.15) is 0 Å². The molecule has 1 amide bonds. The van der Waals surface area contributed by atoms with Gasteiger partial charge in [0.05, 0.1) is 17.5 Å². The molecule has 2 unspecified atom stereocenters. The lowest BCUT2D eigenvalue weighted by Gasteiger charge is -2.40. The lowest BCUT2D eigenvalue weighted by atomic mass is 9.88. The van der Waals surface area contributed by atoms with Crippen LogP contribution in [0.25, 0.3) is 0 Å². The van der Waals surface area contributed by atoms with E-state index >= 15 is 0 Å². The molecule has 0 bridgehead atoms. The number of hydrogen-bond donors (Lipinski definition) is 0. The average molecular weight is 258 g/mol. The Morgan fingerprint density at radius 1 is 1.65 bits per heavy atom. The summed E-state index contributed by atoms with van der Waals surface area (Å²) < 4.78 is 5.04. The van der Waals surface area contributed by atoms with E-state index in [1.807, 2.05) is 32.1 Å². The second kappa shape index (κ2) is 5.69. The van der Waals surface area contributed by atoms with Gasteiger partial charge in [-0.15, -0.1) is 11.6 Å². The van der Waals surface area contributed by atoms with Crippen LogP contribution in [0.1, 0.15) is 20.8 Å². The van der Waals surface area contributed by atoms with Crippen molar-refractivity contribution in [2.24, 2.45) is 0 Å². The molecule has 96 valence electrons. The highest BCUT2D eigenvalue weighted by molar-refractivity contribution is 6.26. The van der Waals surface area contributed by atoms with Crippen molar-refractivity contribution in [1.82, 2.24) is 4.90 Å². The number of hydrogen-bond acceptors (Lipinski definition) is 2. The van der Waals surface area contributed by atoms with E-state index < -0.39 is 4.87 Å². The molecule has 1 aliphatic rings. The fraction of sp³-hybridized carbons (Fsp3) is 0.615. The van der Waals surface area contributed by atoms with Gasteiger partial charge >= 0.3 is 0 Å². The van der Waals surface area contributed by atoms with Crippen LogP contribution in [0.2, 0.25) is 0 Å². The summed E-state index contributed by atoms with van der Waals surface area (Å²) in [7, 11) is 1.63. The molecule has 0 aromatic rings. The topological polar surface area (TPSA) is 29.5 Å². The summed E-state index contributed by atoms with van der Waals surface area (Å²) >= 11 is 6.49. The number of amides is 1. The maximum absolute atomic E-state index is 11.7. The quantitative estimate of drug-likeness (QED) is 0.724. The van der Waals surface area contributed by atoms with E-state index in [4.69, 9.17) is 16.3 Å². The molecule has 1 aliphatic carbocycles. The van der Waals surface area contributed by atoms with E-state index in [1.165, 1.54) is 0 Å². The van der Waals surface area contributed by atoms with Gasteiger partial charge in [0.2, 0.25) is 5.91 Å². The van der Waals surface area contributed by atoms with Crippen LogP contribution >= 0.6 is 11.6 Å². The molecule has 0 heterocycles. The van der Waals surface area contributed by atoms with Gasteiger partial charge in [0.25, 0.3) is 0 Å². The van der Waals surface area contributed by atoms with E-state index in [-0.39, 0.29) is 11.9 Å². The Morgan fingerprint density at radius 2 is 2.29 bits per heavy atom. The predicted octanol–water partition coefficient (Wildman–Crippen LogP) is 2.36. The van der Waals surface area contributed by atoms with E-state index in [9.17, 15) is 4.79 Å². The number of methoxy groups -OCH3 is 1. The van der Waals surface area contributed by atoms with Crippen molar-refractivity contribution in [1.29, 1.82) is 0 Å². The lowest BCUT2D eigenvalue weighted by molar-refractivity contribution is -0.131. The lowest BCUT2D eigenvalue weighted by Crippen LogP contribution is -2.51. The molecule has 3 nitrogen and oxygen atoms in total. The number of alkyl halides is 1. The van der Waals surface area contributed by atoms with Crippen LogP contribution in [0.5, 0.6) is 0 Å². The highest BCUT2D eigenvalue weighted by atomic mass is 35.5. The minimum atomic E-state index is -0.557. The number of nitrogens with zero attached hydrogens (tertiary/aromatic N) is 1. The van der Waals surface area contributed by atoms with E-state index in [0.29, 0.717) is 13.2 Å². The van der Waals surface area contributed by atoms with Crippen LogP contribution in [-0.2, 0) is 9.53 Å². The van der Waals surface area contributed by atoms with Gasteiger partial charge in [-0.1, -0.05) is 18.2 Å². The van der Waals surface area contributed by atoms with Crippen molar-refractivity contribution in [2.45, 2.75) is 31.7 Å². The Bertz CT molecular complexity index is 347. The number of carbonyl (C=O) groups is 1. The number of allylic oxidation sites excluding steroid dienone is 2. The summed E-state index contributed by atoms with van der Waals surface area (Å²) in [4.78, 5) is 13.0. The molecule has 0 N–H and O–H groups in total. The SMILES string of the molecule is COCCN(C(C)=O)C1C(C)=CC=CC1(C)Cl. The Balaban J connectivity index is 2.96. The monoisotopic (exact) mass is 257 g/mol. The number of carbonyl (C=O) groups excluding carboxylic acids is 1. The summed E-state index contributed by atoms with van der Waals surface area (Å²) in [6.07, 6.45) is 5.86. The molecule has 0 fully saturated rings. The first-order valence-electron chi connectivity index (χ1n) is 5.71. The highest BCUT2D eigenvalue weighted by Gasteiger charge is 2.38. The van der Waals surface area contributed by atoms with Gasteiger partial charge in [0.1, 0.15) is 0 Å². The van der Waals surface area contributed by atoms with Crippen LogP contribution in [-0.4, -0.2) is 42.0 Å². The molecule has 0 spiro atoms. The van der Waals surface area contributed by atoms with Gasteiger partial charge in [-0.25, -0.2) is 0 Å². The first-order valence-corrected chi connectivity index (χ1v) is 6.09. The fourth-order valence-corrected chi connectivity index (χ4v) is 2.59. The zero-order chi connectivity index (χ0) is 13.1. The third kappa shape index (κ3) is 3.33. The van der Waals surface area contributed by atoms with Crippen LogP contribution < -0.4 is 0 Å². The smallest absolute Gasteiger partial charge is 0.220 e. The van der Waals surface area contributed by atoms with Crippen molar-refractivity contribution in [3.63, 3.8) is 0 Å². The third-order valence-electron chi connectivity index (χ3n) is 3.00. The highest BCUT2D eigenvalue weighted by Crippen LogP contribution is 2.33. The normalized spacial score (nSPS) is 27.8. The molecule has 4 heteroatoms. The predicted molar refractivity (Wildman–Crippen MR) is 70.2 cm³/mol. The molecule has 0 aromatic heterocycles. The molecule has 0 saturated heterocycles. The van der Waals surface area contributed by atoms with Gasteiger partial charge < -0.3 is 9.64 Å². The van der Waals surface area contributed by atoms with Crippen molar-refractivity contribution >= 4 is 17.5 Å². The van der Waals surface area contributed by atoms with Crippen LogP contribution in [0.3, 0.4) is 0 Å². The van der Waals surface area contributed by atoms with E-state index in [0.717, 1.165) is 5.57 Å². The summed E-state index contributed by atoms with van der Waals surface area (Å²) in [6.45, 7) is 6.55. The maximum Gasteiger partial charge on any atom is 0.220 e. The molecular weight excluding hydrogens is 238 g/mol. The summed E-state index contributed by atoms with van der Waals surface area (Å²) in [5.41, 5.74) is 1.09. The first kappa shape index (κ1) is 14.3. The third-order valence-corrected chi connectivity index (χ3v) is 3.33. The van der Waals surface area contributed by atoms with Crippen molar-refractivity contribution in [2.75, 3.05) is 20.3 Å². The van der Waals surface area contributed by atoms with Gasteiger partial charge in [0, 0.05) is 20.6 Å². The largest absolute Gasteiger partial charge is 0.383 e. The molecule has 0 radical (unpaired) electrons. The molecule has 0 aliphatic heterocycles. The van der Waals surface area contributed by atoms with Crippen molar-refractivity contribution < 1.29 is 9.53 Å². The van der Waals surface area contributed by atoms with E-state index in [1.54, 1.807) is 18.9 Å². The minimum Gasteiger partial charge on any atom is -0.383 e. The second-order valence-electron chi connectivity index (χ2n) is 4.53. The van der Waals surface area contributed by atoms with E-state index in [2.05, 4.69) is 0 Å². The van der Waals surface area contributed by atoms with Crippen LogP contribution in [0, 0.1) is 0 Å². The van der Waals surface area contributed by atoms with Crippen LogP contribution in [0.4, 0.5) is 0 Å². The summed E-state index contributed by atoms with van der Waals surface area (Å²) in [6, 6.07) is -0.109. The molecule has 0 aromatic carbocycles. The average Bonchev–Trinajstić information content (AvgIpc) is 2.21. The Kier molecular flexibility index (Phi) is 4.78. The fourth-order valence-electron chi connectivity index (χ4n) is 2.22. The van der Waals surface area contributed by atoms with Gasteiger partial charge in [-0.05, 0) is 19.4 Å². The van der Waals surface area contributed by atoms with Crippen molar-refractivity contribution in [3.05, 3.63) is 23.8 Å². The Labute approximate surface area is 108 Å². The first-order chi connectivity index (χ1) is 7.90. The van der Waals surface area contributed by atoms with Crippen molar-refractivity contribution in [3.8, 4) is 0 Å². The Morgan fingerprint density at radius 3 is 2.76 bits per heavy atom. The maximum atomic E-state index is 11.7. The number of ether oxygens (including phenoxy) is 1. The number of halogens is 1. The molecule has 0 saturated carbocycles. The van der Waals surface area contributed by atoms with Crippen LogP contribution in [0.15, 0.2) is 23.8 Å². The zero-order valence-corrected chi connectivity index (χ0v) is 11.6. The molecular formula is C13H20ClNO2. The summed E-state index contributed by atoms with van der Waals surface area (Å²) in [5, 5.41) is 0. The number of rotatable bonds is 4. The minimum absolute atomic E-state index is 0.0157. The molecule has 17 heavy (non-hydrogen) atoms. The van der Waals surface area contributed by atoms with Gasteiger partial charge in [-0.3, -0.25) is 4.79 Å². The molecule has 1 rings (SSSR count). The standard InChI is InChI=1S/C13H20ClNO2/c1-10-6-5-7-13(3,14)12(10)15(11(2)16)8-9-17-4/h5-7,12H,8-9H2,1-4H3.